The second kappa shape index (κ2) is 7.79. The molecule has 3 N–H and O–H groups in total. The first-order chi connectivity index (χ1) is 8.67. The fourth-order valence-corrected chi connectivity index (χ4v) is 1.62. The highest BCUT2D eigenvalue weighted by molar-refractivity contribution is 5.92. The molecule has 0 aromatic heterocycles. The van der Waals surface area contributed by atoms with Gasteiger partial charge < -0.3 is 11.1 Å². The molecular weight excluding hydrogens is 233 g/mol. The molecule has 4 nitrogen and oxygen atoms in total. The van der Waals surface area contributed by atoms with E-state index in [2.05, 4.69) is 5.32 Å². The monoisotopic (exact) mass is 253 g/mol. The van der Waals surface area contributed by atoms with E-state index in [0.717, 1.165) is 19.5 Å². The second-order valence-electron chi connectivity index (χ2n) is 4.04. The Kier molecular flexibility index (Phi) is 6.32. The van der Waals surface area contributed by atoms with Crippen molar-refractivity contribution in [1.82, 2.24) is 4.90 Å². The average molecular weight is 253 g/mol. The van der Waals surface area contributed by atoms with Crippen LogP contribution in [0.1, 0.15) is 13.3 Å². The number of rotatable bonds is 7. The summed E-state index contributed by atoms with van der Waals surface area (Å²) in [5.74, 6) is -0.630. The smallest absolute Gasteiger partial charge is 0.238 e. The minimum Gasteiger partial charge on any atom is -0.330 e. The minimum atomic E-state index is -0.421. The molecule has 0 aliphatic rings. The van der Waals surface area contributed by atoms with Gasteiger partial charge in [-0.25, -0.2) is 4.39 Å². The summed E-state index contributed by atoms with van der Waals surface area (Å²) in [5, 5.41) is 2.56. The Morgan fingerprint density at radius 2 is 2.17 bits per heavy atom. The molecule has 0 radical (unpaired) electrons. The molecule has 0 spiro atoms. The number of nitrogens with one attached hydrogen (secondary N) is 1. The Bertz CT molecular complexity index is 384. The van der Waals surface area contributed by atoms with Crippen LogP contribution in [0.5, 0.6) is 0 Å². The normalized spacial score (nSPS) is 10.7. The van der Waals surface area contributed by atoms with Gasteiger partial charge >= 0.3 is 0 Å². The quantitative estimate of drug-likeness (QED) is 0.773. The number of likely N-dealkylation sites (N-methyl/N-ethyl adjacent to an activating group) is 1. The highest BCUT2D eigenvalue weighted by Gasteiger charge is 2.10. The SMILES string of the molecule is CCN(CCCN)CC(=O)Nc1ccccc1F. The van der Waals surface area contributed by atoms with Crippen molar-refractivity contribution < 1.29 is 9.18 Å². The van der Waals surface area contributed by atoms with E-state index in [1.807, 2.05) is 11.8 Å². The number of hydrogen-bond acceptors (Lipinski definition) is 3. The second-order valence-corrected chi connectivity index (χ2v) is 4.04. The largest absolute Gasteiger partial charge is 0.330 e. The van der Waals surface area contributed by atoms with Gasteiger partial charge in [-0.15, -0.1) is 0 Å². The third kappa shape index (κ3) is 4.81. The highest BCUT2D eigenvalue weighted by Crippen LogP contribution is 2.12. The zero-order valence-electron chi connectivity index (χ0n) is 10.7. The number of hydrogen-bond donors (Lipinski definition) is 2. The van der Waals surface area contributed by atoms with E-state index in [9.17, 15) is 9.18 Å². The summed E-state index contributed by atoms with van der Waals surface area (Å²) in [6.07, 6.45) is 0.848. The number of para-hydroxylation sites is 1. The fourth-order valence-electron chi connectivity index (χ4n) is 1.62. The maximum absolute atomic E-state index is 13.3. The predicted octanol–water partition coefficient (Wildman–Crippen LogP) is 1.43. The Morgan fingerprint density at radius 3 is 2.78 bits per heavy atom. The van der Waals surface area contributed by atoms with Gasteiger partial charge in [0, 0.05) is 0 Å². The minimum absolute atomic E-state index is 0.209. The number of nitrogens with zero attached hydrogens (tertiary/aromatic N) is 1. The number of halogens is 1. The van der Waals surface area contributed by atoms with E-state index in [1.54, 1.807) is 18.2 Å². The third-order valence-corrected chi connectivity index (χ3v) is 2.64. The van der Waals surface area contributed by atoms with Crippen LogP contribution >= 0.6 is 0 Å². The van der Waals surface area contributed by atoms with Crippen LogP contribution in [0.3, 0.4) is 0 Å². The molecule has 1 aromatic carbocycles. The van der Waals surface area contributed by atoms with Crippen LogP contribution in [0.15, 0.2) is 24.3 Å². The molecule has 100 valence electrons. The Labute approximate surface area is 107 Å². The molecule has 0 bridgehead atoms. The van der Waals surface area contributed by atoms with Crippen LogP contribution in [0.25, 0.3) is 0 Å². The zero-order valence-corrected chi connectivity index (χ0v) is 10.7. The van der Waals surface area contributed by atoms with E-state index in [-0.39, 0.29) is 18.1 Å². The van der Waals surface area contributed by atoms with Crippen molar-refractivity contribution in [3.05, 3.63) is 30.1 Å². The van der Waals surface area contributed by atoms with Gasteiger partial charge in [0.25, 0.3) is 0 Å². The molecule has 0 unspecified atom stereocenters. The van der Waals surface area contributed by atoms with Crippen LogP contribution in [-0.4, -0.2) is 37.0 Å². The molecule has 0 aliphatic carbocycles. The summed E-state index contributed by atoms with van der Waals surface area (Å²) in [7, 11) is 0. The van der Waals surface area contributed by atoms with E-state index >= 15 is 0 Å². The maximum Gasteiger partial charge on any atom is 0.238 e. The van der Waals surface area contributed by atoms with Gasteiger partial charge in [-0.3, -0.25) is 9.69 Å². The van der Waals surface area contributed by atoms with Crippen molar-refractivity contribution in [2.24, 2.45) is 5.73 Å². The van der Waals surface area contributed by atoms with Gasteiger partial charge in [-0.05, 0) is 38.2 Å². The summed E-state index contributed by atoms with van der Waals surface area (Å²) >= 11 is 0. The van der Waals surface area contributed by atoms with Crippen molar-refractivity contribution >= 4 is 11.6 Å². The van der Waals surface area contributed by atoms with Crippen molar-refractivity contribution in [1.29, 1.82) is 0 Å². The van der Waals surface area contributed by atoms with E-state index in [1.165, 1.54) is 6.07 Å². The lowest BCUT2D eigenvalue weighted by Crippen LogP contribution is -2.34. The van der Waals surface area contributed by atoms with Crippen LogP contribution in [0.2, 0.25) is 0 Å². The van der Waals surface area contributed by atoms with Gasteiger partial charge in [0.15, 0.2) is 0 Å². The lowest BCUT2D eigenvalue weighted by Gasteiger charge is -2.19. The molecule has 0 aliphatic heterocycles. The number of anilines is 1. The molecular formula is C13H20FN3O. The molecule has 0 saturated heterocycles. The summed E-state index contributed by atoms with van der Waals surface area (Å²) < 4.78 is 13.3. The van der Waals surface area contributed by atoms with Crippen LogP contribution < -0.4 is 11.1 Å². The van der Waals surface area contributed by atoms with Crippen LogP contribution in [-0.2, 0) is 4.79 Å². The van der Waals surface area contributed by atoms with E-state index in [0.29, 0.717) is 6.54 Å². The van der Waals surface area contributed by atoms with Gasteiger partial charge in [0.2, 0.25) is 5.91 Å². The van der Waals surface area contributed by atoms with Gasteiger partial charge in [-0.1, -0.05) is 19.1 Å². The Hall–Kier alpha value is -1.46. The molecule has 1 aromatic rings. The number of benzene rings is 1. The topological polar surface area (TPSA) is 58.4 Å². The summed E-state index contributed by atoms with van der Waals surface area (Å²) in [5.41, 5.74) is 5.65. The standard InChI is InChI=1S/C13H20FN3O/c1-2-17(9-5-8-15)10-13(18)16-12-7-4-3-6-11(12)14/h3-4,6-7H,2,5,8-10,15H2,1H3,(H,16,18). The van der Waals surface area contributed by atoms with Crippen molar-refractivity contribution in [2.45, 2.75) is 13.3 Å². The molecule has 0 saturated carbocycles. The summed E-state index contributed by atoms with van der Waals surface area (Å²) in [4.78, 5) is 13.7. The maximum atomic E-state index is 13.3. The molecule has 0 heterocycles. The van der Waals surface area contributed by atoms with Crippen molar-refractivity contribution in [3.8, 4) is 0 Å². The highest BCUT2D eigenvalue weighted by atomic mass is 19.1. The molecule has 18 heavy (non-hydrogen) atoms. The van der Waals surface area contributed by atoms with Gasteiger partial charge in [-0.2, -0.15) is 0 Å². The molecule has 1 amide bonds. The van der Waals surface area contributed by atoms with Crippen molar-refractivity contribution in [2.75, 3.05) is 31.5 Å². The lowest BCUT2D eigenvalue weighted by molar-refractivity contribution is -0.117. The summed E-state index contributed by atoms with van der Waals surface area (Å²) in [6, 6.07) is 6.14. The van der Waals surface area contributed by atoms with Crippen molar-refractivity contribution in [3.63, 3.8) is 0 Å². The number of amides is 1. The number of nitrogens with two attached hydrogens (primary N) is 1. The third-order valence-electron chi connectivity index (χ3n) is 2.64. The van der Waals surface area contributed by atoms with Crippen LogP contribution in [0, 0.1) is 5.82 Å². The first-order valence-corrected chi connectivity index (χ1v) is 6.14. The Morgan fingerprint density at radius 1 is 1.44 bits per heavy atom. The van der Waals surface area contributed by atoms with Crippen LogP contribution in [0.4, 0.5) is 10.1 Å². The summed E-state index contributed by atoms with van der Waals surface area (Å²) in [6.45, 7) is 4.38. The first-order valence-electron chi connectivity index (χ1n) is 6.14. The number of carbonyl (C=O) groups excluding carboxylic acids is 1. The predicted molar refractivity (Wildman–Crippen MR) is 70.8 cm³/mol. The van der Waals surface area contributed by atoms with E-state index < -0.39 is 5.82 Å². The van der Waals surface area contributed by atoms with Gasteiger partial charge in [0.05, 0.1) is 12.2 Å². The fraction of sp³-hybridized carbons (Fsp3) is 0.462. The zero-order chi connectivity index (χ0) is 13.4. The first kappa shape index (κ1) is 14.6. The molecule has 5 heteroatoms. The van der Waals surface area contributed by atoms with E-state index in [4.69, 9.17) is 5.73 Å². The van der Waals surface area contributed by atoms with Gasteiger partial charge in [0.1, 0.15) is 5.82 Å². The lowest BCUT2D eigenvalue weighted by atomic mass is 10.3. The molecule has 0 fully saturated rings. The Balaban J connectivity index is 2.48. The molecule has 1 rings (SSSR count). The molecule has 0 atom stereocenters. The number of carbonyl (C=O) groups is 1. The average Bonchev–Trinajstić information content (AvgIpc) is 2.37.